The molecule has 0 amide bonds. The predicted molar refractivity (Wildman–Crippen MR) is 97.2 cm³/mol. The van der Waals surface area contributed by atoms with Crippen LogP contribution in [0, 0.1) is 11.7 Å². The van der Waals surface area contributed by atoms with Gasteiger partial charge in [0.05, 0.1) is 5.56 Å². The lowest BCUT2D eigenvalue weighted by Gasteiger charge is -2.36. The third kappa shape index (κ3) is 6.93. The van der Waals surface area contributed by atoms with E-state index < -0.39 is 23.6 Å². The van der Waals surface area contributed by atoms with Gasteiger partial charge in [0, 0.05) is 32.2 Å². The molecule has 0 saturated carbocycles. The van der Waals surface area contributed by atoms with Gasteiger partial charge in [0.25, 0.3) is 0 Å². The van der Waals surface area contributed by atoms with Gasteiger partial charge in [-0.15, -0.1) is 24.8 Å². The summed E-state index contributed by atoms with van der Waals surface area (Å²) in [5.74, 6) is -0.221. The molecule has 8 heteroatoms. The maximum Gasteiger partial charge on any atom is 0.416 e. The molecular formula is C17H26Cl2F4N2. The molecule has 1 fully saturated rings. The average molecular weight is 405 g/mol. The Morgan fingerprint density at radius 3 is 2.20 bits per heavy atom. The Morgan fingerprint density at radius 2 is 1.68 bits per heavy atom. The second-order valence-corrected chi connectivity index (χ2v) is 6.50. The maximum absolute atomic E-state index is 13.7. The van der Waals surface area contributed by atoms with Crippen molar-refractivity contribution in [2.45, 2.75) is 38.9 Å². The van der Waals surface area contributed by atoms with Crippen LogP contribution in [0.3, 0.4) is 0 Å². The molecule has 0 spiro atoms. The van der Waals surface area contributed by atoms with Crippen molar-refractivity contribution in [3.63, 3.8) is 0 Å². The van der Waals surface area contributed by atoms with Crippen LogP contribution in [0.15, 0.2) is 18.2 Å². The van der Waals surface area contributed by atoms with Crippen LogP contribution in [0.2, 0.25) is 0 Å². The molecule has 1 heterocycles. The van der Waals surface area contributed by atoms with E-state index >= 15 is 0 Å². The fourth-order valence-electron chi connectivity index (χ4n) is 3.09. The molecule has 146 valence electrons. The first-order valence-electron chi connectivity index (χ1n) is 8.10. The van der Waals surface area contributed by atoms with E-state index in [-0.39, 0.29) is 30.4 Å². The van der Waals surface area contributed by atoms with E-state index in [1.54, 1.807) is 0 Å². The number of hydrogen-bond acceptors (Lipinski definition) is 2. The minimum atomic E-state index is -4.47. The van der Waals surface area contributed by atoms with Gasteiger partial charge in [-0.2, -0.15) is 13.2 Å². The lowest BCUT2D eigenvalue weighted by Crippen LogP contribution is -2.45. The summed E-state index contributed by atoms with van der Waals surface area (Å²) in [6.07, 6.45) is -3.06. The number of rotatable bonds is 5. The van der Waals surface area contributed by atoms with Crippen LogP contribution < -0.4 is 5.32 Å². The normalized spacial score (nSPS) is 16.9. The van der Waals surface area contributed by atoms with Gasteiger partial charge < -0.3 is 5.32 Å². The van der Waals surface area contributed by atoms with E-state index in [1.807, 2.05) is 18.7 Å². The third-order valence-electron chi connectivity index (χ3n) is 4.29. The van der Waals surface area contributed by atoms with Crippen molar-refractivity contribution < 1.29 is 17.6 Å². The van der Waals surface area contributed by atoms with Crippen LogP contribution in [-0.2, 0) is 6.18 Å². The van der Waals surface area contributed by atoms with Gasteiger partial charge in [0.1, 0.15) is 5.82 Å². The predicted octanol–water partition coefficient (Wildman–Crippen LogP) is 5.07. The fourth-order valence-corrected chi connectivity index (χ4v) is 3.09. The second kappa shape index (κ2) is 10.6. The number of nitrogens with zero attached hydrogens (tertiary/aromatic N) is 1. The monoisotopic (exact) mass is 404 g/mol. The van der Waals surface area contributed by atoms with Crippen molar-refractivity contribution in [2.24, 2.45) is 5.92 Å². The highest BCUT2D eigenvalue weighted by Gasteiger charge is 2.37. The standard InChI is InChI=1S/C17H24F4N2.2ClH/c1-12(2)3-6-16(23-9-7-22-8-10-23)14-11-13(18)4-5-15(14)17(19,20)21;;/h4-5,11-12,16,22H,3,6-10H2,1-2H3;2*1H/t16-;;/m1../s1. The smallest absolute Gasteiger partial charge is 0.314 e. The molecule has 1 aromatic rings. The van der Waals surface area contributed by atoms with Crippen molar-refractivity contribution in [2.75, 3.05) is 26.2 Å². The summed E-state index contributed by atoms with van der Waals surface area (Å²) in [6.45, 7) is 6.94. The van der Waals surface area contributed by atoms with Crippen LogP contribution in [0.4, 0.5) is 17.6 Å². The molecular weight excluding hydrogens is 379 g/mol. The summed E-state index contributed by atoms with van der Waals surface area (Å²) in [5.41, 5.74) is -0.647. The summed E-state index contributed by atoms with van der Waals surface area (Å²) in [6, 6.07) is 2.43. The Bertz CT molecular complexity index is 518. The molecule has 25 heavy (non-hydrogen) atoms. The fraction of sp³-hybridized carbons (Fsp3) is 0.647. The van der Waals surface area contributed by atoms with Gasteiger partial charge in [-0.25, -0.2) is 4.39 Å². The minimum absolute atomic E-state index is 0. The molecule has 1 N–H and O–H groups in total. The van der Waals surface area contributed by atoms with E-state index in [4.69, 9.17) is 0 Å². The molecule has 1 atom stereocenters. The van der Waals surface area contributed by atoms with E-state index in [9.17, 15) is 17.6 Å². The zero-order valence-corrected chi connectivity index (χ0v) is 16.0. The first-order valence-corrected chi connectivity index (χ1v) is 8.10. The molecule has 1 aliphatic rings. The Morgan fingerprint density at radius 1 is 1.08 bits per heavy atom. The topological polar surface area (TPSA) is 15.3 Å². The number of hydrogen-bond donors (Lipinski definition) is 1. The number of piperazine rings is 1. The summed E-state index contributed by atoms with van der Waals surface area (Å²) >= 11 is 0. The highest BCUT2D eigenvalue weighted by Crippen LogP contribution is 2.39. The highest BCUT2D eigenvalue weighted by molar-refractivity contribution is 5.85. The number of nitrogens with one attached hydrogen (secondary N) is 1. The zero-order valence-electron chi connectivity index (χ0n) is 14.4. The van der Waals surface area contributed by atoms with Crippen molar-refractivity contribution in [1.29, 1.82) is 0 Å². The Kier molecular flexibility index (Phi) is 10.3. The van der Waals surface area contributed by atoms with Crippen LogP contribution in [0.5, 0.6) is 0 Å². The van der Waals surface area contributed by atoms with Gasteiger partial charge in [0.15, 0.2) is 0 Å². The van der Waals surface area contributed by atoms with E-state index in [2.05, 4.69) is 5.32 Å². The van der Waals surface area contributed by atoms with Crippen molar-refractivity contribution >= 4 is 24.8 Å². The Hall–Kier alpha value is -0.560. The lowest BCUT2D eigenvalue weighted by molar-refractivity contribution is -0.138. The van der Waals surface area contributed by atoms with Crippen LogP contribution in [0.25, 0.3) is 0 Å². The number of benzene rings is 1. The van der Waals surface area contributed by atoms with Gasteiger partial charge in [-0.3, -0.25) is 4.90 Å². The molecule has 1 aliphatic heterocycles. The minimum Gasteiger partial charge on any atom is -0.314 e. The van der Waals surface area contributed by atoms with Crippen LogP contribution in [-0.4, -0.2) is 31.1 Å². The molecule has 0 aliphatic carbocycles. The van der Waals surface area contributed by atoms with E-state index in [0.717, 1.165) is 37.7 Å². The van der Waals surface area contributed by atoms with E-state index in [0.29, 0.717) is 25.4 Å². The zero-order chi connectivity index (χ0) is 17.0. The van der Waals surface area contributed by atoms with Gasteiger partial charge >= 0.3 is 6.18 Å². The van der Waals surface area contributed by atoms with E-state index in [1.165, 1.54) is 0 Å². The summed E-state index contributed by atoms with van der Waals surface area (Å²) in [4.78, 5) is 2.04. The first kappa shape index (κ1) is 24.4. The molecule has 1 aromatic carbocycles. The maximum atomic E-state index is 13.7. The molecule has 2 rings (SSSR count). The van der Waals surface area contributed by atoms with Crippen LogP contribution >= 0.6 is 24.8 Å². The molecule has 0 aromatic heterocycles. The summed E-state index contributed by atoms with van der Waals surface area (Å²) in [7, 11) is 0. The van der Waals surface area contributed by atoms with Crippen molar-refractivity contribution in [3.8, 4) is 0 Å². The summed E-state index contributed by atoms with van der Waals surface area (Å²) < 4.78 is 53.7. The lowest BCUT2D eigenvalue weighted by atomic mass is 9.92. The van der Waals surface area contributed by atoms with Crippen molar-refractivity contribution in [3.05, 3.63) is 35.1 Å². The average Bonchev–Trinajstić information content (AvgIpc) is 2.47. The van der Waals surface area contributed by atoms with Crippen LogP contribution in [0.1, 0.15) is 43.9 Å². The Balaban J connectivity index is 0.00000288. The second-order valence-electron chi connectivity index (χ2n) is 6.50. The molecule has 1 saturated heterocycles. The quantitative estimate of drug-likeness (QED) is 0.689. The van der Waals surface area contributed by atoms with Crippen molar-refractivity contribution in [1.82, 2.24) is 10.2 Å². The largest absolute Gasteiger partial charge is 0.416 e. The van der Waals surface area contributed by atoms with Gasteiger partial charge in [-0.05, 0) is 42.5 Å². The number of halogens is 6. The van der Waals surface area contributed by atoms with Gasteiger partial charge in [-0.1, -0.05) is 13.8 Å². The Labute approximate surface area is 159 Å². The highest BCUT2D eigenvalue weighted by atomic mass is 35.5. The SMILES string of the molecule is CC(C)CC[C@H](c1cc(F)ccc1C(F)(F)F)N1CCNCC1.Cl.Cl. The third-order valence-corrected chi connectivity index (χ3v) is 4.29. The number of alkyl halides is 3. The first-order chi connectivity index (χ1) is 10.8. The molecule has 0 unspecified atom stereocenters. The summed E-state index contributed by atoms with van der Waals surface area (Å²) in [5, 5.41) is 3.20. The van der Waals surface area contributed by atoms with Gasteiger partial charge in [0.2, 0.25) is 0 Å². The molecule has 0 radical (unpaired) electrons. The molecule has 0 bridgehead atoms. The molecule has 2 nitrogen and oxygen atoms in total.